The zero-order valence-corrected chi connectivity index (χ0v) is 15.6. The van der Waals surface area contributed by atoms with Gasteiger partial charge in [-0.2, -0.15) is 8.78 Å². The number of hydrogen-bond donors (Lipinski definition) is 1. The van der Waals surface area contributed by atoms with Crippen LogP contribution < -0.4 is 5.32 Å². The van der Waals surface area contributed by atoms with E-state index in [-0.39, 0.29) is 12.5 Å². The van der Waals surface area contributed by atoms with Crippen LogP contribution in [0, 0.1) is 0 Å². The number of carbonyl (C=O) groups excluding carboxylic acids is 1. The number of rotatable bonds is 7. The average Bonchev–Trinajstić information content (AvgIpc) is 2.98. The Morgan fingerprint density at radius 2 is 1.96 bits per heavy atom. The molecule has 1 aromatic heterocycles. The number of likely N-dealkylation sites (N-methyl/N-ethyl adjacent to an activating group) is 1. The first kappa shape index (κ1) is 18.8. The second kappa shape index (κ2) is 8.57. The summed E-state index contributed by atoms with van der Waals surface area (Å²) >= 11 is 2.02. The minimum atomic E-state index is -2.53. The van der Waals surface area contributed by atoms with Crippen LogP contribution in [0.3, 0.4) is 0 Å². The highest BCUT2D eigenvalue weighted by atomic mass is 32.2. The molecule has 1 N–H and O–H groups in total. The summed E-state index contributed by atoms with van der Waals surface area (Å²) in [5.74, 6) is -2.79. The summed E-state index contributed by atoms with van der Waals surface area (Å²) in [6.07, 6.45) is 0. The molecule has 0 unspecified atom stereocenters. The maximum Gasteiger partial charge on any atom is 0.288 e. The molecule has 1 heterocycles. The Morgan fingerprint density at radius 3 is 2.73 bits per heavy atom. The molecule has 0 saturated carbocycles. The van der Waals surface area contributed by atoms with Gasteiger partial charge in [-0.05, 0) is 31.3 Å². The highest BCUT2D eigenvalue weighted by molar-refractivity contribution is 7.99. The van der Waals surface area contributed by atoms with Gasteiger partial charge in [0.15, 0.2) is 0 Å². The molecule has 0 bridgehead atoms. The number of thiazole rings is 1. The molecule has 0 spiro atoms. The number of aromatic nitrogens is 1. The fraction of sp³-hybridized carbons (Fsp3) is 0.222. The van der Waals surface area contributed by atoms with Gasteiger partial charge < -0.3 is 5.32 Å². The van der Waals surface area contributed by atoms with Crippen LogP contribution in [0.2, 0.25) is 0 Å². The fourth-order valence-corrected chi connectivity index (χ4v) is 4.12. The van der Waals surface area contributed by atoms with E-state index in [1.54, 1.807) is 35.6 Å². The summed E-state index contributed by atoms with van der Waals surface area (Å²) < 4.78 is 26.3. The summed E-state index contributed by atoms with van der Waals surface area (Å²) in [6, 6.07) is 14.4. The number of thioether (sulfide) groups is 1. The van der Waals surface area contributed by atoms with Gasteiger partial charge in [0.1, 0.15) is 5.01 Å². The van der Waals surface area contributed by atoms with E-state index in [0.717, 1.165) is 15.2 Å². The number of para-hydroxylation sites is 2. The second-order valence-corrected chi connectivity index (χ2v) is 7.82. The van der Waals surface area contributed by atoms with Crippen LogP contribution in [0.15, 0.2) is 53.4 Å². The number of alkyl halides is 2. The fourth-order valence-electron chi connectivity index (χ4n) is 2.48. The Morgan fingerprint density at radius 1 is 1.23 bits per heavy atom. The molecule has 3 aromatic rings. The van der Waals surface area contributed by atoms with Crippen molar-refractivity contribution in [2.45, 2.75) is 17.2 Å². The van der Waals surface area contributed by atoms with Gasteiger partial charge in [-0.25, -0.2) is 4.98 Å². The maximum atomic E-state index is 12.6. The number of carbonyl (C=O) groups is 1. The molecule has 0 aliphatic carbocycles. The molecular weight excluding hydrogens is 376 g/mol. The van der Waals surface area contributed by atoms with E-state index in [0.29, 0.717) is 28.9 Å². The third-order valence-electron chi connectivity index (χ3n) is 3.53. The molecule has 2 aromatic carbocycles. The van der Waals surface area contributed by atoms with Gasteiger partial charge in [-0.1, -0.05) is 36.0 Å². The summed E-state index contributed by atoms with van der Waals surface area (Å²) in [6.45, 7) is 0.684. The van der Waals surface area contributed by atoms with E-state index in [4.69, 9.17) is 0 Å². The molecule has 0 atom stereocenters. The number of halogens is 2. The lowest BCUT2D eigenvalue weighted by Gasteiger charge is -2.16. The standard InChI is InChI=1S/C18H17F2N3OS2/c1-23(11-17-22-13-7-3-4-8-14(13)25-17)10-16(24)21-12-6-2-5-9-15(12)26-18(19)20/h2-9,18H,10-11H2,1H3,(H,21,24). The zero-order chi connectivity index (χ0) is 18.5. The molecule has 3 rings (SSSR count). The van der Waals surface area contributed by atoms with Crippen molar-refractivity contribution in [3.63, 3.8) is 0 Å². The molecule has 0 aliphatic rings. The first-order chi connectivity index (χ1) is 12.5. The molecule has 8 heteroatoms. The summed E-state index contributed by atoms with van der Waals surface area (Å²) in [5, 5.41) is 3.63. The number of fused-ring (bicyclic) bond motifs is 1. The topological polar surface area (TPSA) is 45.2 Å². The largest absolute Gasteiger partial charge is 0.324 e. The lowest BCUT2D eigenvalue weighted by atomic mass is 10.3. The van der Waals surface area contributed by atoms with Crippen molar-refractivity contribution in [3.05, 3.63) is 53.5 Å². The predicted molar refractivity (Wildman–Crippen MR) is 103 cm³/mol. The van der Waals surface area contributed by atoms with Gasteiger partial charge in [0.25, 0.3) is 5.76 Å². The van der Waals surface area contributed by atoms with Crippen LogP contribution in [-0.2, 0) is 11.3 Å². The van der Waals surface area contributed by atoms with Gasteiger partial charge in [-0.3, -0.25) is 9.69 Å². The normalized spacial score (nSPS) is 11.4. The highest BCUT2D eigenvalue weighted by Crippen LogP contribution is 2.31. The minimum Gasteiger partial charge on any atom is -0.324 e. The molecule has 0 radical (unpaired) electrons. The van der Waals surface area contributed by atoms with Crippen LogP contribution >= 0.6 is 23.1 Å². The van der Waals surface area contributed by atoms with Crippen LogP contribution in [0.4, 0.5) is 14.5 Å². The lowest BCUT2D eigenvalue weighted by Crippen LogP contribution is -2.29. The Hall–Kier alpha value is -2.03. The van der Waals surface area contributed by atoms with Crippen LogP contribution in [0.1, 0.15) is 5.01 Å². The molecular formula is C18H17F2N3OS2. The van der Waals surface area contributed by atoms with Crippen molar-refractivity contribution in [1.29, 1.82) is 0 Å². The Bertz CT molecular complexity index is 868. The molecule has 136 valence electrons. The number of nitrogens with zero attached hydrogens (tertiary/aromatic N) is 2. The van der Waals surface area contributed by atoms with Crippen LogP contribution in [-0.4, -0.2) is 35.1 Å². The lowest BCUT2D eigenvalue weighted by molar-refractivity contribution is -0.117. The minimum absolute atomic E-state index is 0.142. The molecule has 1 amide bonds. The summed E-state index contributed by atoms with van der Waals surface area (Å²) in [5.41, 5.74) is 1.35. The zero-order valence-electron chi connectivity index (χ0n) is 14.0. The Kier molecular flexibility index (Phi) is 6.18. The van der Waals surface area contributed by atoms with E-state index >= 15 is 0 Å². The van der Waals surface area contributed by atoms with Crippen molar-refractivity contribution < 1.29 is 13.6 Å². The van der Waals surface area contributed by atoms with Gasteiger partial charge in [0.05, 0.1) is 29.0 Å². The van der Waals surface area contributed by atoms with Crippen LogP contribution in [0.5, 0.6) is 0 Å². The van der Waals surface area contributed by atoms with Gasteiger partial charge in [0, 0.05) is 4.90 Å². The van der Waals surface area contributed by atoms with Gasteiger partial charge in [0.2, 0.25) is 5.91 Å². The number of anilines is 1. The molecule has 26 heavy (non-hydrogen) atoms. The molecule has 0 saturated heterocycles. The van der Waals surface area contributed by atoms with Crippen molar-refractivity contribution in [1.82, 2.24) is 9.88 Å². The van der Waals surface area contributed by atoms with E-state index < -0.39 is 5.76 Å². The van der Waals surface area contributed by atoms with Crippen molar-refractivity contribution >= 4 is 44.9 Å². The number of benzene rings is 2. The van der Waals surface area contributed by atoms with Crippen molar-refractivity contribution in [2.24, 2.45) is 0 Å². The average molecular weight is 393 g/mol. The predicted octanol–water partition coefficient (Wildman–Crippen LogP) is 4.68. The van der Waals surface area contributed by atoms with E-state index in [9.17, 15) is 13.6 Å². The van der Waals surface area contributed by atoms with Gasteiger partial charge >= 0.3 is 0 Å². The monoisotopic (exact) mass is 393 g/mol. The smallest absolute Gasteiger partial charge is 0.288 e. The molecule has 0 fully saturated rings. The van der Waals surface area contributed by atoms with E-state index in [2.05, 4.69) is 10.3 Å². The summed E-state index contributed by atoms with van der Waals surface area (Å²) in [4.78, 5) is 19.0. The van der Waals surface area contributed by atoms with Gasteiger partial charge in [-0.15, -0.1) is 11.3 Å². The van der Waals surface area contributed by atoms with E-state index in [1.807, 2.05) is 36.2 Å². The third-order valence-corrected chi connectivity index (χ3v) is 5.34. The van der Waals surface area contributed by atoms with E-state index in [1.165, 1.54) is 0 Å². The quantitative estimate of drug-likeness (QED) is 0.592. The van der Waals surface area contributed by atoms with Crippen LogP contribution in [0.25, 0.3) is 10.2 Å². The third kappa shape index (κ3) is 5.00. The number of amides is 1. The first-order valence-corrected chi connectivity index (χ1v) is 9.57. The highest BCUT2D eigenvalue weighted by Gasteiger charge is 2.14. The summed E-state index contributed by atoms with van der Waals surface area (Å²) in [7, 11) is 1.82. The van der Waals surface area contributed by atoms with Crippen molar-refractivity contribution in [3.8, 4) is 0 Å². The maximum absolute atomic E-state index is 12.6. The molecule has 4 nitrogen and oxygen atoms in total. The number of nitrogens with one attached hydrogen (secondary N) is 1. The first-order valence-electron chi connectivity index (χ1n) is 7.88. The Labute approximate surface area is 158 Å². The SMILES string of the molecule is CN(CC(=O)Nc1ccccc1SC(F)F)Cc1nc2ccccc2s1. The number of hydrogen-bond acceptors (Lipinski definition) is 5. The second-order valence-electron chi connectivity index (χ2n) is 5.67. The van der Waals surface area contributed by atoms with Crippen molar-refractivity contribution in [2.75, 3.05) is 18.9 Å². The molecule has 0 aliphatic heterocycles. The Balaban J connectivity index is 1.59.